The lowest BCUT2D eigenvalue weighted by molar-refractivity contribution is -0.0328. The van der Waals surface area contributed by atoms with Crippen LogP contribution >= 0.6 is 11.8 Å². The zero-order chi connectivity index (χ0) is 18.8. The van der Waals surface area contributed by atoms with Crippen molar-refractivity contribution in [3.63, 3.8) is 0 Å². The average Bonchev–Trinajstić information content (AvgIpc) is 2.87. The Morgan fingerprint density at radius 3 is 2.60 bits per heavy atom. The van der Waals surface area contributed by atoms with Crippen LogP contribution in [0.25, 0.3) is 0 Å². The molecule has 25 heavy (non-hydrogen) atoms. The van der Waals surface area contributed by atoms with Crippen LogP contribution in [0, 0.1) is 0 Å². The van der Waals surface area contributed by atoms with E-state index in [0.29, 0.717) is 0 Å². The number of hydrogen-bond acceptors (Lipinski definition) is 5. The molecular weight excluding hydrogens is 383 g/mol. The van der Waals surface area contributed by atoms with Crippen molar-refractivity contribution in [3.05, 3.63) is 41.7 Å². The highest BCUT2D eigenvalue weighted by Crippen LogP contribution is 2.38. The van der Waals surface area contributed by atoms with Gasteiger partial charge in [0.2, 0.25) is 10.0 Å². The number of benzene rings is 1. The molecule has 0 unspecified atom stereocenters. The number of sulfonamides is 1. The number of nitrogens with zero attached hydrogens (tertiary/aromatic N) is 2. The van der Waals surface area contributed by atoms with Crippen LogP contribution in [0.2, 0.25) is 0 Å². The molecule has 0 saturated carbocycles. The first-order chi connectivity index (χ1) is 11.5. The highest BCUT2D eigenvalue weighted by atomic mass is 32.2. The first-order valence-corrected chi connectivity index (χ1v) is 8.90. The number of halogens is 3. The van der Waals surface area contributed by atoms with Crippen molar-refractivity contribution in [3.8, 4) is 0 Å². The quantitative estimate of drug-likeness (QED) is 0.728. The molecule has 0 amide bonds. The molecule has 0 spiro atoms. The van der Waals surface area contributed by atoms with Crippen LogP contribution in [0.5, 0.6) is 0 Å². The first kappa shape index (κ1) is 19.3. The van der Waals surface area contributed by atoms with Crippen molar-refractivity contribution in [1.29, 1.82) is 0 Å². The van der Waals surface area contributed by atoms with E-state index in [4.69, 9.17) is 5.11 Å². The topological polar surface area (TPSA) is 101 Å². The Bertz CT molecular complexity index is 894. The van der Waals surface area contributed by atoms with Crippen LogP contribution in [0.4, 0.5) is 13.2 Å². The summed E-state index contributed by atoms with van der Waals surface area (Å²) >= 11 is -0.359. The summed E-state index contributed by atoms with van der Waals surface area (Å²) in [5.41, 5.74) is -4.96. The Morgan fingerprint density at radius 1 is 1.36 bits per heavy atom. The SMILES string of the molecule is Cn1ncc(S(=O)(=O)NCc2ccccc2SC(F)(F)F)c1C(=O)O. The molecule has 1 aromatic carbocycles. The van der Waals surface area contributed by atoms with Crippen molar-refractivity contribution in [2.24, 2.45) is 7.05 Å². The summed E-state index contributed by atoms with van der Waals surface area (Å²) in [4.78, 5) is 10.4. The Hall–Kier alpha value is -2.05. The maximum Gasteiger partial charge on any atom is 0.446 e. The molecule has 0 aliphatic heterocycles. The monoisotopic (exact) mass is 395 g/mol. The lowest BCUT2D eigenvalue weighted by atomic mass is 10.2. The van der Waals surface area contributed by atoms with Gasteiger partial charge >= 0.3 is 11.5 Å². The number of carboxylic acid groups (broad SMARTS) is 1. The van der Waals surface area contributed by atoms with Gasteiger partial charge in [-0.15, -0.1) is 0 Å². The third kappa shape index (κ3) is 4.74. The lowest BCUT2D eigenvalue weighted by Gasteiger charge is -2.12. The van der Waals surface area contributed by atoms with Crippen molar-refractivity contribution in [2.75, 3.05) is 0 Å². The third-order valence-corrected chi connectivity index (χ3v) is 5.30. The fourth-order valence-corrected chi connectivity index (χ4v) is 3.81. The van der Waals surface area contributed by atoms with Crippen molar-refractivity contribution >= 4 is 27.8 Å². The van der Waals surface area contributed by atoms with Crippen molar-refractivity contribution in [2.45, 2.75) is 21.8 Å². The fourth-order valence-electron chi connectivity index (χ4n) is 1.98. The molecule has 0 saturated heterocycles. The standard InChI is InChI=1S/C13H12F3N3O4S2/c1-19-11(12(20)21)10(7-17-19)25(22,23)18-6-8-4-2-3-5-9(8)24-13(14,15)16/h2-5,7,18H,6H2,1H3,(H,20,21). The van der Waals surface area contributed by atoms with Gasteiger partial charge in [0.15, 0.2) is 5.69 Å². The smallest absolute Gasteiger partial charge is 0.446 e. The van der Waals surface area contributed by atoms with Gasteiger partial charge in [0.1, 0.15) is 4.90 Å². The second-order valence-corrected chi connectivity index (χ2v) is 7.61. The van der Waals surface area contributed by atoms with E-state index in [9.17, 15) is 26.4 Å². The van der Waals surface area contributed by atoms with Gasteiger partial charge in [0.05, 0.1) is 6.20 Å². The van der Waals surface area contributed by atoms with Crippen LogP contribution in [-0.4, -0.2) is 34.8 Å². The second kappa shape index (κ2) is 7.06. The van der Waals surface area contributed by atoms with E-state index in [2.05, 4.69) is 9.82 Å². The van der Waals surface area contributed by atoms with E-state index in [0.717, 1.165) is 10.9 Å². The second-order valence-electron chi connectivity index (χ2n) is 4.77. The van der Waals surface area contributed by atoms with E-state index in [-0.39, 0.29) is 22.2 Å². The number of aromatic carboxylic acids is 1. The van der Waals surface area contributed by atoms with Gasteiger partial charge in [-0.25, -0.2) is 17.9 Å². The van der Waals surface area contributed by atoms with E-state index in [1.165, 1.54) is 31.3 Å². The third-order valence-electron chi connectivity index (χ3n) is 3.05. The van der Waals surface area contributed by atoms with Gasteiger partial charge in [-0.05, 0) is 23.4 Å². The molecule has 1 heterocycles. The molecule has 7 nitrogen and oxygen atoms in total. The summed E-state index contributed by atoms with van der Waals surface area (Å²) < 4.78 is 65.2. The Kier molecular flexibility index (Phi) is 5.44. The number of hydrogen-bond donors (Lipinski definition) is 2. The normalized spacial score (nSPS) is 12.3. The number of thioether (sulfide) groups is 1. The molecule has 0 atom stereocenters. The molecule has 0 aliphatic rings. The Labute approximate surface area is 144 Å². The van der Waals surface area contributed by atoms with Crippen molar-refractivity contribution in [1.82, 2.24) is 14.5 Å². The van der Waals surface area contributed by atoms with E-state index in [1.807, 2.05) is 0 Å². The average molecular weight is 395 g/mol. The van der Waals surface area contributed by atoms with Gasteiger partial charge in [-0.3, -0.25) is 4.68 Å². The van der Waals surface area contributed by atoms with Crippen LogP contribution in [-0.2, 0) is 23.6 Å². The van der Waals surface area contributed by atoms with E-state index < -0.39 is 38.6 Å². The van der Waals surface area contributed by atoms with Gasteiger partial charge in [0, 0.05) is 18.5 Å². The molecule has 2 aromatic rings. The zero-order valence-electron chi connectivity index (χ0n) is 12.6. The zero-order valence-corrected chi connectivity index (χ0v) is 14.2. The number of rotatable bonds is 6. The minimum atomic E-state index is -4.52. The fraction of sp³-hybridized carbons (Fsp3) is 0.231. The van der Waals surface area contributed by atoms with Gasteiger partial charge in [-0.2, -0.15) is 18.3 Å². The Morgan fingerprint density at radius 2 is 2.00 bits per heavy atom. The predicted octanol–water partition coefficient (Wildman–Crippen LogP) is 2.21. The molecule has 0 bridgehead atoms. The number of alkyl halides is 3. The molecule has 1 aromatic heterocycles. The maximum absolute atomic E-state index is 12.6. The molecule has 136 valence electrons. The highest BCUT2D eigenvalue weighted by molar-refractivity contribution is 8.00. The molecule has 2 rings (SSSR count). The molecule has 0 fully saturated rings. The molecule has 12 heteroatoms. The largest absolute Gasteiger partial charge is 0.476 e. The van der Waals surface area contributed by atoms with Crippen LogP contribution < -0.4 is 4.72 Å². The van der Waals surface area contributed by atoms with Gasteiger partial charge in [-0.1, -0.05) is 18.2 Å². The molecule has 0 aliphatic carbocycles. The van der Waals surface area contributed by atoms with Gasteiger partial charge in [0.25, 0.3) is 0 Å². The summed E-state index contributed by atoms with van der Waals surface area (Å²) in [6, 6.07) is 5.43. The minimum Gasteiger partial charge on any atom is -0.476 e. The number of carboxylic acids is 1. The summed E-state index contributed by atoms with van der Waals surface area (Å²) in [5, 5.41) is 12.7. The van der Waals surface area contributed by atoms with Crippen LogP contribution in [0.3, 0.4) is 0 Å². The van der Waals surface area contributed by atoms with E-state index >= 15 is 0 Å². The number of aryl methyl sites for hydroxylation is 1. The molecular formula is C13H12F3N3O4S2. The molecule has 2 N–H and O–H groups in total. The number of nitrogens with one attached hydrogen (secondary N) is 1. The van der Waals surface area contributed by atoms with Crippen LogP contribution in [0.1, 0.15) is 16.1 Å². The Balaban J connectivity index is 2.26. The predicted molar refractivity (Wildman–Crippen MR) is 82.5 cm³/mol. The van der Waals surface area contributed by atoms with Crippen molar-refractivity contribution < 1.29 is 31.5 Å². The highest BCUT2D eigenvalue weighted by Gasteiger charge is 2.31. The van der Waals surface area contributed by atoms with Crippen LogP contribution in [0.15, 0.2) is 40.3 Å². The number of carbonyl (C=O) groups is 1. The minimum absolute atomic E-state index is 0.106. The first-order valence-electron chi connectivity index (χ1n) is 6.60. The molecule has 0 radical (unpaired) electrons. The van der Waals surface area contributed by atoms with E-state index in [1.54, 1.807) is 0 Å². The lowest BCUT2D eigenvalue weighted by Crippen LogP contribution is -2.25. The van der Waals surface area contributed by atoms with Gasteiger partial charge < -0.3 is 5.11 Å². The number of aromatic nitrogens is 2. The summed E-state index contributed by atoms with van der Waals surface area (Å²) in [5.74, 6) is -1.49. The summed E-state index contributed by atoms with van der Waals surface area (Å²) in [7, 11) is -3.02. The summed E-state index contributed by atoms with van der Waals surface area (Å²) in [6.45, 7) is -0.435. The maximum atomic E-state index is 12.6. The summed E-state index contributed by atoms with van der Waals surface area (Å²) in [6.07, 6.45) is 0.863.